The SMILES string of the molecule is Cc1nc(CNC(=O)c2cc(Br)cn2C(C)C)n[nH]1. The number of aryl methyl sites for hydroxylation is 1. The highest BCUT2D eigenvalue weighted by molar-refractivity contribution is 9.10. The van der Waals surface area contributed by atoms with Crippen molar-refractivity contribution >= 4 is 21.8 Å². The predicted octanol–water partition coefficient (Wildman–Crippen LogP) is 2.19. The molecule has 0 unspecified atom stereocenters. The van der Waals surface area contributed by atoms with E-state index in [9.17, 15) is 4.79 Å². The topological polar surface area (TPSA) is 75.6 Å². The Kier molecular flexibility index (Phi) is 4.04. The van der Waals surface area contributed by atoms with E-state index in [-0.39, 0.29) is 11.9 Å². The molecule has 7 heteroatoms. The Balaban J connectivity index is 2.07. The summed E-state index contributed by atoms with van der Waals surface area (Å²) in [5.74, 6) is 1.17. The van der Waals surface area contributed by atoms with E-state index < -0.39 is 0 Å². The molecule has 0 fully saturated rings. The van der Waals surface area contributed by atoms with E-state index in [4.69, 9.17) is 0 Å². The van der Waals surface area contributed by atoms with Crippen molar-refractivity contribution in [3.8, 4) is 0 Å². The lowest BCUT2D eigenvalue weighted by Crippen LogP contribution is -2.26. The molecule has 0 aliphatic carbocycles. The lowest BCUT2D eigenvalue weighted by Gasteiger charge is -2.12. The molecule has 19 heavy (non-hydrogen) atoms. The lowest BCUT2D eigenvalue weighted by atomic mass is 10.3. The number of hydrogen-bond acceptors (Lipinski definition) is 3. The average Bonchev–Trinajstić information content (AvgIpc) is 2.92. The Bertz CT molecular complexity index is 587. The van der Waals surface area contributed by atoms with Crippen molar-refractivity contribution < 1.29 is 4.79 Å². The van der Waals surface area contributed by atoms with Gasteiger partial charge in [0.1, 0.15) is 11.5 Å². The van der Waals surface area contributed by atoms with Gasteiger partial charge >= 0.3 is 0 Å². The first-order valence-corrected chi connectivity index (χ1v) is 6.80. The van der Waals surface area contributed by atoms with Crippen molar-refractivity contribution in [3.05, 3.63) is 34.1 Å². The molecule has 0 aromatic carbocycles. The Hall–Kier alpha value is -1.63. The number of carbonyl (C=O) groups excluding carboxylic acids is 1. The number of H-pyrrole nitrogens is 1. The Morgan fingerprint density at radius 2 is 2.32 bits per heavy atom. The van der Waals surface area contributed by atoms with Crippen LogP contribution in [0.25, 0.3) is 0 Å². The number of halogens is 1. The van der Waals surface area contributed by atoms with Gasteiger partial charge < -0.3 is 9.88 Å². The summed E-state index contributed by atoms with van der Waals surface area (Å²) in [7, 11) is 0. The lowest BCUT2D eigenvalue weighted by molar-refractivity contribution is 0.0939. The zero-order valence-corrected chi connectivity index (χ0v) is 12.7. The van der Waals surface area contributed by atoms with Crippen molar-refractivity contribution in [2.75, 3.05) is 0 Å². The third-order valence-corrected chi connectivity index (χ3v) is 3.09. The molecular formula is C12H16BrN5O. The summed E-state index contributed by atoms with van der Waals surface area (Å²) in [6.07, 6.45) is 1.90. The van der Waals surface area contributed by atoms with Crippen molar-refractivity contribution in [3.63, 3.8) is 0 Å². The number of aromatic amines is 1. The molecule has 2 aromatic rings. The third-order valence-electron chi connectivity index (χ3n) is 2.65. The number of aromatic nitrogens is 4. The first kappa shape index (κ1) is 13.8. The molecule has 102 valence electrons. The number of carbonyl (C=O) groups is 1. The minimum absolute atomic E-state index is 0.137. The summed E-state index contributed by atoms with van der Waals surface area (Å²) in [5.41, 5.74) is 0.620. The van der Waals surface area contributed by atoms with Gasteiger partial charge in [0.2, 0.25) is 0 Å². The molecule has 0 saturated heterocycles. The molecule has 0 saturated carbocycles. The minimum atomic E-state index is -0.137. The van der Waals surface area contributed by atoms with Crippen molar-refractivity contribution in [1.82, 2.24) is 25.1 Å². The van der Waals surface area contributed by atoms with Crippen LogP contribution in [-0.2, 0) is 6.54 Å². The maximum atomic E-state index is 12.1. The highest BCUT2D eigenvalue weighted by Gasteiger charge is 2.15. The second kappa shape index (κ2) is 5.56. The van der Waals surface area contributed by atoms with Crippen LogP contribution in [0.15, 0.2) is 16.7 Å². The number of nitrogens with zero attached hydrogens (tertiary/aromatic N) is 3. The highest BCUT2D eigenvalue weighted by atomic mass is 79.9. The third kappa shape index (κ3) is 3.23. The van der Waals surface area contributed by atoms with Crippen LogP contribution in [0.2, 0.25) is 0 Å². The van der Waals surface area contributed by atoms with Gasteiger partial charge in [-0.05, 0) is 42.8 Å². The Morgan fingerprint density at radius 3 is 2.89 bits per heavy atom. The average molecular weight is 326 g/mol. The van der Waals surface area contributed by atoms with Crippen molar-refractivity contribution in [1.29, 1.82) is 0 Å². The molecule has 0 atom stereocenters. The van der Waals surface area contributed by atoms with Crippen LogP contribution in [0.4, 0.5) is 0 Å². The second-order valence-electron chi connectivity index (χ2n) is 4.56. The number of hydrogen-bond donors (Lipinski definition) is 2. The maximum absolute atomic E-state index is 12.1. The molecule has 2 heterocycles. The number of nitrogens with one attached hydrogen (secondary N) is 2. The van der Waals surface area contributed by atoms with Gasteiger partial charge in [-0.15, -0.1) is 0 Å². The molecule has 2 aromatic heterocycles. The summed E-state index contributed by atoms with van der Waals surface area (Å²) < 4.78 is 2.81. The molecule has 0 aliphatic heterocycles. The van der Waals surface area contributed by atoms with E-state index in [2.05, 4.69) is 36.4 Å². The monoisotopic (exact) mass is 325 g/mol. The molecule has 2 N–H and O–H groups in total. The van der Waals surface area contributed by atoms with Gasteiger partial charge in [0.25, 0.3) is 5.91 Å². The summed E-state index contributed by atoms with van der Waals surface area (Å²) >= 11 is 3.39. The number of amides is 1. The van der Waals surface area contributed by atoms with Gasteiger partial charge in [-0.2, -0.15) is 5.10 Å². The first-order chi connectivity index (χ1) is 8.97. The van der Waals surface area contributed by atoms with E-state index in [0.717, 1.165) is 10.3 Å². The van der Waals surface area contributed by atoms with Crippen LogP contribution in [0, 0.1) is 6.92 Å². The predicted molar refractivity (Wildman–Crippen MR) is 74.8 cm³/mol. The molecule has 0 radical (unpaired) electrons. The van der Waals surface area contributed by atoms with E-state index >= 15 is 0 Å². The fourth-order valence-electron chi connectivity index (χ4n) is 1.77. The van der Waals surface area contributed by atoms with E-state index in [1.54, 1.807) is 6.07 Å². The van der Waals surface area contributed by atoms with E-state index in [0.29, 0.717) is 18.1 Å². The fourth-order valence-corrected chi connectivity index (χ4v) is 2.21. The van der Waals surface area contributed by atoms with E-state index in [1.165, 1.54) is 0 Å². The van der Waals surface area contributed by atoms with Gasteiger partial charge in [0.15, 0.2) is 5.82 Å². The largest absolute Gasteiger partial charge is 0.343 e. The van der Waals surface area contributed by atoms with Crippen LogP contribution >= 0.6 is 15.9 Å². The normalized spacial score (nSPS) is 11.0. The van der Waals surface area contributed by atoms with Crippen LogP contribution in [0.3, 0.4) is 0 Å². The van der Waals surface area contributed by atoms with Gasteiger partial charge in [-0.25, -0.2) is 4.98 Å². The van der Waals surface area contributed by atoms with Crippen LogP contribution in [-0.4, -0.2) is 25.7 Å². The summed E-state index contributed by atoms with van der Waals surface area (Å²) in [5, 5.41) is 9.53. The van der Waals surface area contributed by atoms with Gasteiger partial charge in [0.05, 0.1) is 6.54 Å². The zero-order chi connectivity index (χ0) is 14.0. The summed E-state index contributed by atoms with van der Waals surface area (Å²) in [6.45, 7) is 6.19. The van der Waals surface area contributed by atoms with Crippen LogP contribution < -0.4 is 5.32 Å². The molecule has 6 nitrogen and oxygen atoms in total. The van der Waals surface area contributed by atoms with E-state index in [1.807, 2.05) is 31.5 Å². The first-order valence-electron chi connectivity index (χ1n) is 6.01. The quantitative estimate of drug-likeness (QED) is 0.904. The second-order valence-corrected chi connectivity index (χ2v) is 5.48. The van der Waals surface area contributed by atoms with Crippen LogP contribution in [0.5, 0.6) is 0 Å². The molecule has 0 aliphatic rings. The van der Waals surface area contributed by atoms with Gasteiger partial charge in [-0.1, -0.05) is 0 Å². The standard InChI is InChI=1S/C12H16BrN5O/c1-7(2)18-6-9(13)4-10(18)12(19)14-5-11-15-8(3)16-17-11/h4,6-7H,5H2,1-3H3,(H,14,19)(H,15,16,17). The summed E-state index contributed by atoms with van der Waals surface area (Å²) in [6, 6.07) is 2.02. The molecule has 0 bridgehead atoms. The zero-order valence-electron chi connectivity index (χ0n) is 11.1. The Labute approximate surface area is 119 Å². The van der Waals surface area contributed by atoms with Crippen molar-refractivity contribution in [2.45, 2.75) is 33.4 Å². The smallest absolute Gasteiger partial charge is 0.268 e. The molecule has 2 rings (SSSR count). The highest BCUT2D eigenvalue weighted by Crippen LogP contribution is 2.19. The summed E-state index contributed by atoms with van der Waals surface area (Å²) in [4.78, 5) is 16.3. The Morgan fingerprint density at radius 1 is 1.58 bits per heavy atom. The van der Waals surface area contributed by atoms with Gasteiger partial charge in [-0.3, -0.25) is 9.89 Å². The molecule has 0 spiro atoms. The van der Waals surface area contributed by atoms with Crippen LogP contribution in [0.1, 0.15) is 42.0 Å². The van der Waals surface area contributed by atoms with Crippen molar-refractivity contribution in [2.24, 2.45) is 0 Å². The molecule has 1 amide bonds. The fraction of sp³-hybridized carbons (Fsp3) is 0.417. The van der Waals surface area contributed by atoms with Gasteiger partial charge in [0, 0.05) is 16.7 Å². The number of rotatable bonds is 4. The molecular weight excluding hydrogens is 310 g/mol. The minimum Gasteiger partial charge on any atom is -0.343 e. The maximum Gasteiger partial charge on any atom is 0.268 e.